The van der Waals surface area contributed by atoms with Crippen LogP contribution in [0.25, 0.3) is 0 Å². The van der Waals surface area contributed by atoms with Crippen LogP contribution in [0, 0.1) is 16.0 Å². The fourth-order valence-electron chi connectivity index (χ4n) is 1.90. The summed E-state index contributed by atoms with van der Waals surface area (Å²) in [6.07, 6.45) is 1.39. The van der Waals surface area contributed by atoms with E-state index in [1.807, 2.05) is 0 Å². The largest absolute Gasteiger partial charge is 0.381 e. The standard InChI is InChI=1S/C12H14N2O4/c15-12(9-4-6-18-7-5-9)13-10-2-1-3-11(8-10)14(16)17/h1-3,8-9H,4-7H2,(H,13,15). The third-order valence-electron chi connectivity index (χ3n) is 2.92. The molecular weight excluding hydrogens is 236 g/mol. The number of anilines is 1. The van der Waals surface area contributed by atoms with E-state index in [0.717, 1.165) is 0 Å². The lowest BCUT2D eigenvalue weighted by Crippen LogP contribution is -2.28. The van der Waals surface area contributed by atoms with Crippen LogP contribution >= 0.6 is 0 Å². The Kier molecular flexibility index (Phi) is 3.88. The summed E-state index contributed by atoms with van der Waals surface area (Å²) in [6, 6.07) is 5.95. The molecule has 2 rings (SSSR count). The van der Waals surface area contributed by atoms with Crippen molar-refractivity contribution >= 4 is 17.3 Å². The van der Waals surface area contributed by atoms with Crippen molar-refractivity contribution in [2.45, 2.75) is 12.8 Å². The van der Waals surface area contributed by atoms with E-state index in [4.69, 9.17) is 4.74 Å². The van der Waals surface area contributed by atoms with Gasteiger partial charge in [-0.2, -0.15) is 0 Å². The quantitative estimate of drug-likeness (QED) is 0.656. The van der Waals surface area contributed by atoms with E-state index in [0.29, 0.717) is 31.7 Å². The molecule has 1 aliphatic rings. The lowest BCUT2D eigenvalue weighted by Gasteiger charge is -2.21. The molecule has 1 saturated heterocycles. The third kappa shape index (κ3) is 3.04. The van der Waals surface area contributed by atoms with E-state index in [-0.39, 0.29) is 17.5 Å². The maximum Gasteiger partial charge on any atom is 0.271 e. The minimum absolute atomic E-state index is 0.0280. The van der Waals surface area contributed by atoms with Gasteiger partial charge in [0.1, 0.15) is 0 Å². The number of hydrogen-bond donors (Lipinski definition) is 1. The van der Waals surface area contributed by atoms with E-state index in [1.165, 1.54) is 12.1 Å². The minimum Gasteiger partial charge on any atom is -0.381 e. The Morgan fingerprint density at radius 2 is 2.11 bits per heavy atom. The maximum absolute atomic E-state index is 11.9. The topological polar surface area (TPSA) is 81.5 Å². The molecule has 1 heterocycles. The van der Waals surface area contributed by atoms with Gasteiger partial charge in [0.15, 0.2) is 0 Å². The second kappa shape index (κ2) is 5.59. The lowest BCUT2D eigenvalue weighted by atomic mass is 9.99. The van der Waals surface area contributed by atoms with Crippen molar-refractivity contribution in [3.63, 3.8) is 0 Å². The molecule has 1 aromatic carbocycles. The number of carbonyl (C=O) groups excluding carboxylic acids is 1. The van der Waals surface area contributed by atoms with Crippen LogP contribution in [0.3, 0.4) is 0 Å². The van der Waals surface area contributed by atoms with Crippen LogP contribution in [0.4, 0.5) is 11.4 Å². The first-order valence-electron chi connectivity index (χ1n) is 5.80. The summed E-state index contributed by atoms with van der Waals surface area (Å²) >= 11 is 0. The molecule has 96 valence electrons. The second-order valence-corrected chi connectivity index (χ2v) is 4.18. The summed E-state index contributed by atoms with van der Waals surface area (Å²) in [5, 5.41) is 13.3. The highest BCUT2D eigenvalue weighted by molar-refractivity contribution is 5.92. The number of carbonyl (C=O) groups is 1. The normalized spacial score (nSPS) is 16.2. The fourth-order valence-corrected chi connectivity index (χ4v) is 1.90. The predicted molar refractivity (Wildman–Crippen MR) is 65.3 cm³/mol. The fraction of sp³-hybridized carbons (Fsp3) is 0.417. The summed E-state index contributed by atoms with van der Waals surface area (Å²) in [5.41, 5.74) is 0.431. The lowest BCUT2D eigenvalue weighted by molar-refractivity contribution is -0.384. The Morgan fingerprint density at radius 1 is 1.39 bits per heavy atom. The zero-order valence-electron chi connectivity index (χ0n) is 9.80. The van der Waals surface area contributed by atoms with Gasteiger partial charge in [-0.3, -0.25) is 14.9 Å². The van der Waals surface area contributed by atoms with E-state index in [2.05, 4.69) is 5.32 Å². The molecule has 0 aliphatic carbocycles. The molecule has 1 aromatic rings. The molecule has 0 spiro atoms. The van der Waals surface area contributed by atoms with Crippen molar-refractivity contribution < 1.29 is 14.5 Å². The number of benzene rings is 1. The minimum atomic E-state index is -0.482. The van der Waals surface area contributed by atoms with Crippen molar-refractivity contribution in [1.29, 1.82) is 0 Å². The molecule has 18 heavy (non-hydrogen) atoms. The van der Waals surface area contributed by atoms with E-state index in [1.54, 1.807) is 12.1 Å². The molecule has 1 fully saturated rings. The van der Waals surface area contributed by atoms with Gasteiger partial charge in [-0.05, 0) is 18.9 Å². The molecule has 0 bridgehead atoms. The molecule has 0 aromatic heterocycles. The van der Waals surface area contributed by atoms with Gasteiger partial charge in [0.2, 0.25) is 5.91 Å². The molecule has 6 heteroatoms. The van der Waals surface area contributed by atoms with Gasteiger partial charge < -0.3 is 10.1 Å². The van der Waals surface area contributed by atoms with Gasteiger partial charge in [0.25, 0.3) is 5.69 Å². The molecule has 0 saturated carbocycles. The summed E-state index contributed by atoms with van der Waals surface area (Å²) in [7, 11) is 0. The Hall–Kier alpha value is -1.95. The number of hydrogen-bond acceptors (Lipinski definition) is 4. The van der Waals surface area contributed by atoms with E-state index < -0.39 is 4.92 Å². The second-order valence-electron chi connectivity index (χ2n) is 4.18. The highest BCUT2D eigenvalue weighted by Crippen LogP contribution is 2.20. The smallest absolute Gasteiger partial charge is 0.271 e. The first-order valence-corrected chi connectivity index (χ1v) is 5.80. The summed E-state index contributed by atoms with van der Waals surface area (Å²) in [6.45, 7) is 1.18. The summed E-state index contributed by atoms with van der Waals surface area (Å²) in [4.78, 5) is 22.0. The zero-order valence-corrected chi connectivity index (χ0v) is 9.80. The van der Waals surface area contributed by atoms with Crippen LogP contribution in [0.1, 0.15) is 12.8 Å². The van der Waals surface area contributed by atoms with Crippen molar-refractivity contribution in [2.24, 2.45) is 5.92 Å². The van der Waals surface area contributed by atoms with Crippen LogP contribution in [0.2, 0.25) is 0 Å². The van der Waals surface area contributed by atoms with E-state index in [9.17, 15) is 14.9 Å². The van der Waals surface area contributed by atoms with Gasteiger partial charge in [-0.15, -0.1) is 0 Å². The number of nitrogens with zero attached hydrogens (tertiary/aromatic N) is 1. The molecule has 1 aliphatic heterocycles. The first kappa shape index (κ1) is 12.5. The van der Waals surface area contributed by atoms with Crippen LogP contribution < -0.4 is 5.32 Å². The van der Waals surface area contributed by atoms with Crippen molar-refractivity contribution in [3.05, 3.63) is 34.4 Å². The summed E-state index contributed by atoms with van der Waals surface area (Å²) < 4.78 is 5.18. The molecule has 0 atom stereocenters. The number of amides is 1. The Labute approximate surface area is 104 Å². The van der Waals surface area contributed by atoms with Gasteiger partial charge in [-0.25, -0.2) is 0 Å². The average Bonchev–Trinajstić information content (AvgIpc) is 2.40. The number of nitro groups is 1. The molecule has 1 N–H and O–H groups in total. The Morgan fingerprint density at radius 3 is 2.78 bits per heavy atom. The van der Waals surface area contributed by atoms with Gasteiger partial charge in [-0.1, -0.05) is 6.07 Å². The molecular formula is C12H14N2O4. The molecule has 1 amide bonds. The van der Waals surface area contributed by atoms with Crippen molar-refractivity contribution in [1.82, 2.24) is 0 Å². The average molecular weight is 250 g/mol. The summed E-state index contributed by atoms with van der Waals surface area (Å²) in [5.74, 6) is -0.170. The van der Waals surface area contributed by atoms with Gasteiger partial charge in [0.05, 0.1) is 4.92 Å². The number of non-ortho nitro benzene ring substituents is 1. The SMILES string of the molecule is O=C(Nc1cccc([N+](=O)[O-])c1)C1CCOCC1. The van der Waals surface area contributed by atoms with Crippen LogP contribution in [0.15, 0.2) is 24.3 Å². The maximum atomic E-state index is 11.9. The van der Waals surface area contributed by atoms with Crippen LogP contribution in [0.5, 0.6) is 0 Å². The predicted octanol–water partition coefficient (Wildman–Crippen LogP) is 1.96. The monoisotopic (exact) mass is 250 g/mol. The van der Waals surface area contributed by atoms with Crippen LogP contribution in [-0.4, -0.2) is 24.0 Å². The number of ether oxygens (including phenoxy) is 1. The highest BCUT2D eigenvalue weighted by Gasteiger charge is 2.21. The Bertz CT molecular complexity index is 455. The number of rotatable bonds is 3. The molecule has 0 unspecified atom stereocenters. The molecule has 6 nitrogen and oxygen atoms in total. The van der Waals surface area contributed by atoms with E-state index >= 15 is 0 Å². The molecule has 0 radical (unpaired) electrons. The van der Waals surface area contributed by atoms with Gasteiger partial charge >= 0.3 is 0 Å². The highest BCUT2D eigenvalue weighted by atomic mass is 16.6. The van der Waals surface area contributed by atoms with Crippen molar-refractivity contribution in [2.75, 3.05) is 18.5 Å². The van der Waals surface area contributed by atoms with Gasteiger partial charge in [0, 0.05) is 37.0 Å². The van der Waals surface area contributed by atoms with Crippen LogP contribution in [-0.2, 0) is 9.53 Å². The number of nitrogens with one attached hydrogen (secondary N) is 1. The zero-order chi connectivity index (χ0) is 13.0. The van der Waals surface area contributed by atoms with Crippen molar-refractivity contribution in [3.8, 4) is 0 Å². The first-order chi connectivity index (χ1) is 8.66. The third-order valence-corrected chi connectivity index (χ3v) is 2.92. The number of nitro benzene ring substituents is 1. The Balaban J connectivity index is 2.02.